The van der Waals surface area contributed by atoms with E-state index >= 15 is 0 Å². The predicted molar refractivity (Wildman–Crippen MR) is 52.2 cm³/mol. The summed E-state index contributed by atoms with van der Waals surface area (Å²) in [4.78, 5) is 0. The first kappa shape index (κ1) is 8.05. The molecule has 1 aromatic heterocycles. The van der Waals surface area contributed by atoms with E-state index in [9.17, 15) is 0 Å². The highest BCUT2D eigenvalue weighted by atomic mass is 15.2. The highest BCUT2D eigenvalue weighted by Crippen LogP contribution is 2.19. The van der Waals surface area contributed by atoms with Gasteiger partial charge in [0.2, 0.25) is 0 Å². The Morgan fingerprint density at radius 3 is 2.77 bits per heavy atom. The van der Waals surface area contributed by atoms with Crippen molar-refractivity contribution in [2.45, 2.75) is 6.92 Å². The maximum atomic E-state index is 4.37. The molecule has 0 aliphatic rings. The monoisotopic (exact) mass is 171 g/mol. The molecule has 2 aromatic rings. The van der Waals surface area contributed by atoms with Crippen molar-refractivity contribution in [3.8, 4) is 11.3 Å². The Kier molecular flexibility index (Phi) is 1.89. The van der Waals surface area contributed by atoms with Crippen molar-refractivity contribution in [2.24, 2.45) is 7.05 Å². The highest BCUT2D eigenvalue weighted by Gasteiger charge is 2.04. The molecular weight excluding hydrogens is 160 g/mol. The summed E-state index contributed by atoms with van der Waals surface area (Å²) in [7, 11) is 1.93. The molecule has 13 heavy (non-hydrogen) atoms. The fourth-order valence-electron chi connectivity index (χ4n) is 1.41. The van der Waals surface area contributed by atoms with Gasteiger partial charge in [0.15, 0.2) is 0 Å². The predicted octanol–water partition coefficient (Wildman–Crippen LogP) is 2.20. The molecule has 0 amide bonds. The van der Waals surface area contributed by atoms with E-state index < -0.39 is 0 Å². The molecule has 1 aromatic carbocycles. The van der Waals surface area contributed by atoms with Crippen LogP contribution in [0, 0.1) is 13.0 Å². The normalized spacial score (nSPS) is 10.3. The van der Waals surface area contributed by atoms with Crippen molar-refractivity contribution in [3.63, 3.8) is 0 Å². The van der Waals surface area contributed by atoms with Crippen LogP contribution in [0.3, 0.4) is 0 Å². The van der Waals surface area contributed by atoms with Crippen molar-refractivity contribution in [2.75, 3.05) is 0 Å². The first-order valence-electron chi connectivity index (χ1n) is 4.25. The van der Waals surface area contributed by atoms with Gasteiger partial charge in [-0.05, 0) is 18.6 Å². The molecule has 0 unspecified atom stereocenters. The summed E-state index contributed by atoms with van der Waals surface area (Å²) < 4.78 is 1.82. The Morgan fingerprint density at radius 2 is 2.23 bits per heavy atom. The zero-order valence-electron chi connectivity index (χ0n) is 7.78. The largest absolute Gasteiger partial charge is 0.275 e. The van der Waals surface area contributed by atoms with Crippen LogP contribution in [0.15, 0.2) is 30.5 Å². The third-order valence-corrected chi connectivity index (χ3v) is 1.98. The van der Waals surface area contributed by atoms with Gasteiger partial charge in [0.05, 0.1) is 5.69 Å². The van der Waals surface area contributed by atoms with E-state index in [2.05, 4.69) is 18.1 Å². The number of hydrogen-bond acceptors (Lipinski definition) is 1. The molecule has 0 aliphatic carbocycles. The van der Waals surface area contributed by atoms with Gasteiger partial charge in [-0.15, -0.1) is 0 Å². The van der Waals surface area contributed by atoms with Gasteiger partial charge < -0.3 is 0 Å². The van der Waals surface area contributed by atoms with E-state index in [0.29, 0.717) is 0 Å². The lowest BCUT2D eigenvalue weighted by atomic mass is 10.1. The Balaban J connectivity index is 2.53. The highest BCUT2D eigenvalue weighted by molar-refractivity contribution is 5.61. The second kappa shape index (κ2) is 3.05. The van der Waals surface area contributed by atoms with E-state index in [1.54, 1.807) is 0 Å². The lowest BCUT2D eigenvalue weighted by Gasteiger charge is -1.95. The second-order valence-electron chi connectivity index (χ2n) is 3.11. The van der Waals surface area contributed by atoms with E-state index in [-0.39, 0.29) is 0 Å². The lowest BCUT2D eigenvalue weighted by molar-refractivity contribution is 0.770. The molecule has 1 heterocycles. The average molecular weight is 171 g/mol. The first-order chi connectivity index (χ1) is 6.27. The molecule has 0 bridgehead atoms. The number of benzene rings is 1. The van der Waals surface area contributed by atoms with E-state index in [0.717, 1.165) is 11.3 Å². The quantitative estimate of drug-likeness (QED) is 0.643. The number of hydrogen-bond donors (Lipinski definition) is 0. The topological polar surface area (TPSA) is 17.8 Å². The van der Waals surface area contributed by atoms with Gasteiger partial charge in [-0.25, -0.2) is 0 Å². The van der Waals surface area contributed by atoms with Crippen LogP contribution in [-0.4, -0.2) is 9.78 Å². The fourth-order valence-corrected chi connectivity index (χ4v) is 1.41. The maximum absolute atomic E-state index is 4.37. The summed E-state index contributed by atoms with van der Waals surface area (Å²) in [6.45, 7) is 2.06. The average Bonchev–Trinajstić information content (AvgIpc) is 2.47. The van der Waals surface area contributed by atoms with Crippen LogP contribution < -0.4 is 0 Å². The molecule has 0 N–H and O–H groups in total. The van der Waals surface area contributed by atoms with Crippen LogP contribution in [0.2, 0.25) is 0 Å². The maximum Gasteiger partial charge on any atom is 0.0958 e. The molecule has 2 nitrogen and oxygen atoms in total. The van der Waals surface area contributed by atoms with Gasteiger partial charge in [-0.2, -0.15) is 5.10 Å². The standard InChI is InChI=1S/C11H11N2/c1-9-8-13(2)12-11(9)10-6-4-3-5-7-10/h3-6,8H,1-2H3. The van der Waals surface area contributed by atoms with Crippen LogP contribution in [0.4, 0.5) is 0 Å². The number of rotatable bonds is 1. The molecule has 2 heteroatoms. The fraction of sp³-hybridized carbons (Fsp3) is 0.182. The number of nitrogens with zero attached hydrogens (tertiary/aromatic N) is 2. The molecule has 2 rings (SSSR count). The van der Waals surface area contributed by atoms with Crippen molar-refractivity contribution in [3.05, 3.63) is 42.1 Å². The summed E-state index contributed by atoms with van der Waals surface area (Å²) >= 11 is 0. The minimum absolute atomic E-state index is 1.02. The van der Waals surface area contributed by atoms with Crippen LogP contribution in [0.25, 0.3) is 11.3 Å². The van der Waals surface area contributed by atoms with Gasteiger partial charge in [-0.1, -0.05) is 24.3 Å². The second-order valence-corrected chi connectivity index (χ2v) is 3.11. The Hall–Kier alpha value is -1.57. The van der Waals surface area contributed by atoms with Crippen molar-refractivity contribution in [1.82, 2.24) is 9.78 Å². The molecule has 0 atom stereocenters. The lowest BCUT2D eigenvalue weighted by Crippen LogP contribution is -1.87. The van der Waals surface area contributed by atoms with Crippen molar-refractivity contribution < 1.29 is 0 Å². The van der Waals surface area contributed by atoms with Crippen LogP contribution in [-0.2, 0) is 7.05 Å². The van der Waals surface area contributed by atoms with Gasteiger partial charge in [0.25, 0.3) is 0 Å². The summed E-state index contributed by atoms with van der Waals surface area (Å²) in [5.74, 6) is 0. The number of aromatic nitrogens is 2. The molecule has 1 radical (unpaired) electrons. The van der Waals surface area contributed by atoms with Gasteiger partial charge in [0, 0.05) is 18.8 Å². The summed E-state index contributed by atoms with van der Waals surface area (Å²) in [6.07, 6.45) is 2.01. The Bertz CT molecular complexity index is 401. The number of aryl methyl sites for hydroxylation is 2. The molecule has 0 spiro atoms. The Labute approximate surface area is 77.8 Å². The van der Waals surface area contributed by atoms with E-state index in [1.165, 1.54) is 5.56 Å². The Morgan fingerprint density at radius 1 is 1.38 bits per heavy atom. The molecule has 0 saturated heterocycles. The minimum atomic E-state index is 1.02. The third kappa shape index (κ3) is 1.47. The molecule has 0 saturated carbocycles. The first-order valence-corrected chi connectivity index (χ1v) is 4.25. The van der Waals surface area contributed by atoms with E-state index in [4.69, 9.17) is 0 Å². The van der Waals surface area contributed by atoms with Crippen molar-refractivity contribution >= 4 is 0 Å². The van der Waals surface area contributed by atoms with Crippen LogP contribution in [0.5, 0.6) is 0 Å². The third-order valence-electron chi connectivity index (χ3n) is 1.98. The molecule has 65 valence electrons. The van der Waals surface area contributed by atoms with Crippen molar-refractivity contribution in [1.29, 1.82) is 0 Å². The van der Waals surface area contributed by atoms with Gasteiger partial charge in [-0.3, -0.25) is 4.68 Å². The summed E-state index contributed by atoms with van der Waals surface area (Å²) in [5.41, 5.74) is 3.26. The zero-order chi connectivity index (χ0) is 9.26. The van der Waals surface area contributed by atoms with Crippen LogP contribution >= 0.6 is 0 Å². The van der Waals surface area contributed by atoms with Gasteiger partial charge >= 0.3 is 0 Å². The molecular formula is C11H11N2. The minimum Gasteiger partial charge on any atom is -0.275 e. The zero-order valence-corrected chi connectivity index (χ0v) is 7.78. The molecule has 0 aliphatic heterocycles. The van der Waals surface area contributed by atoms with E-state index in [1.807, 2.05) is 42.2 Å². The summed E-state index contributed by atoms with van der Waals surface area (Å²) in [6, 6.07) is 11.1. The summed E-state index contributed by atoms with van der Waals surface area (Å²) in [5, 5.41) is 4.37. The molecule has 0 fully saturated rings. The van der Waals surface area contributed by atoms with Gasteiger partial charge in [0.1, 0.15) is 0 Å². The van der Waals surface area contributed by atoms with Crippen LogP contribution in [0.1, 0.15) is 5.56 Å². The SMILES string of the molecule is Cc1cn(C)nc1-c1[c]cccc1. The smallest absolute Gasteiger partial charge is 0.0958 e.